The molecule has 0 amide bonds. The predicted molar refractivity (Wildman–Crippen MR) is 91.4 cm³/mol. The van der Waals surface area contributed by atoms with Gasteiger partial charge in [-0.3, -0.25) is 10.1 Å². The van der Waals surface area contributed by atoms with Crippen molar-refractivity contribution in [2.45, 2.75) is 43.5 Å². The monoisotopic (exact) mass is 353 g/mol. The van der Waals surface area contributed by atoms with Crippen LogP contribution in [0.25, 0.3) is 0 Å². The van der Waals surface area contributed by atoms with E-state index in [4.69, 9.17) is 0 Å². The van der Waals surface area contributed by atoms with Gasteiger partial charge in [0.2, 0.25) is 10.0 Å². The van der Waals surface area contributed by atoms with E-state index >= 15 is 0 Å². The van der Waals surface area contributed by atoms with Crippen LogP contribution >= 0.6 is 0 Å². The van der Waals surface area contributed by atoms with E-state index in [0.717, 1.165) is 12.0 Å². The third-order valence-electron chi connectivity index (χ3n) is 5.56. The number of nitro groups is 1. The average molecular weight is 353 g/mol. The fourth-order valence-corrected chi connectivity index (χ4v) is 5.08. The molecule has 1 aromatic carbocycles. The number of rotatable bonds is 6. The summed E-state index contributed by atoms with van der Waals surface area (Å²) in [5.74, 6) is 2.05. The second kappa shape index (κ2) is 6.33. The van der Waals surface area contributed by atoms with Crippen LogP contribution in [0.1, 0.15) is 32.6 Å². The Balaban J connectivity index is 1.83. The molecule has 2 aliphatic rings. The number of sulfonamides is 1. The van der Waals surface area contributed by atoms with E-state index in [2.05, 4.69) is 17.0 Å². The zero-order valence-corrected chi connectivity index (χ0v) is 14.7. The minimum absolute atomic E-state index is 0.102. The molecule has 2 aliphatic carbocycles. The van der Waals surface area contributed by atoms with E-state index in [1.54, 1.807) is 0 Å². The number of anilines is 1. The van der Waals surface area contributed by atoms with Gasteiger partial charge in [0, 0.05) is 12.1 Å². The minimum Gasteiger partial charge on any atom is -0.377 e. The highest BCUT2D eigenvalue weighted by Crippen LogP contribution is 2.50. The molecule has 0 aliphatic heterocycles. The molecule has 4 atom stereocenters. The third-order valence-corrected chi connectivity index (χ3v) is 6.98. The van der Waals surface area contributed by atoms with E-state index in [0.29, 0.717) is 17.5 Å². The highest BCUT2D eigenvalue weighted by atomic mass is 32.2. The summed E-state index contributed by atoms with van der Waals surface area (Å²) in [7, 11) is -2.42. The fourth-order valence-electron chi connectivity index (χ4n) is 4.33. The molecule has 0 spiro atoms. The van der Waals surface area contributed by atoms with Gasteiger partial charge in [0.15, 0.2) is 0 Å². The maximum absolute atomic E-state index is 11.9. The van der Waals surface area contributed by atoms with Crippen molar-refractivity contribution in [2.24, 2.45) is 17.8 Å². The molecule has 2 saturated carbocycles. The highest BCUT2D eigenvalue weighted by Gasteiger charge is 2.42. The molecule has 2 fully saturated rings. The molecule has 8 heteroatoms. The Labute approximate surface area is 142 Å². The smallest absolute Gasteiger partial charge is 0.293 e. The first-order valence-electron chi connectivity index (χ1n) is 8.30. The van der Waals surface area contributed by atoms with Crippen LogP contribution in [0, 0.1) is 27.9 Å². The van der Waals surface area contributed by atoms with Crippen LogP contribution in [-0.2, 0) is 10.0 Å². The molecule has 2 N–H and O–H groups in total. The van der Waals surface area contributed by atoms with Crippen LogP contribution in [0.4, 0.5) is 11.4 Å². The second-order valence-corrected chi connectivity index (χ2v) is 8.80. The van der Waals surface area contributed by atoms with Crippen LogP contribution in [0.5, 0.6) is 0 Å². The Morgan fingerprint density at radius 3 is 2.58 bits per heavy atom. The molecule has 0 heterocycles. The lowest BCUT2D eigenvalue weighted by atomic mass is 9.84. The van der Waals surface area contributed by atoms with Gasteiger partial charge in [-0.25, -0.2) is 13.1 Å². The minimum atomic E-state index is -3.70. The van der Waals surface area contributed by atoms with Gasteiger partial charge in [0.05, 0.1) is 9.82 Å². The first-order valence-corrected chi connectivity index (χ1v) is 9.78. The second-order valence-electron chi connectivity index (χ2n) is 6.92. The Bertz CT molecular complexity index is 750. The normalized spacial score (nSPS) is 27.2. The van der Waals surface area contributed by atoms with E-state index in [1.807, 2.05) is 0 Å². The molecule has 1 aromatic rings. The van der Waals surface area contributed by atoms with Gasteiger partial charge < -0.3 is 5.32 Å². The fraction of sp³-hybridized carbons (Fsp3) is 0.625. The van der Waals surface area contributed by atoms with Crippen molar-refractivity contribution in [3.8, 4) is 0 Å². The standard InChI is InChI=1S/C16H23N3O4S/c1-10(14-8-11-3-4-12(14)7-11)18-15-6-5-13(24(22,23)17-2)9-16(15)19(20)21/h5-6,9-12,14,17-18H,3-4,7-8H2,1-2H3. The molecule has 132 valence electrons. The Morgan fingerprint density at radius 1 is 1.29 bits per heavy atom. The molecular weight excluding hydrogens is 330 g/mol. The average Bonchev–Trinajstić information content (AvgIpc) is 3.17. The molecule has 24 heavy (non-hydrogen) atoms. The zero-order chi connectivity index (χ0) is 17.5. The molecule has 2 bridgehead atoms. The van der Waals surface area contributed by atoms with Crippen LogP contribution < -0.4 is 10.0 Å². The third kappa shape index (κ3) is 3.12. The summed E-state index contributed by atoms with van der Waals surface area (Å²) in [5.41, 5.74) is 0.173. The van der Waals surface area contributed by atoms with E-state index in [1.165, 1.54) is 44.9 Å². The van der Waals surface area contributed by atoms with Crippen molar-refractivity contribution in [1.82, 2.24) is 4.72 Å². The largest absolute Gasteiger partial charge is 0.377 e. The molecular formula is C16H23N3O4S. The summed E-state index contributed by atoms with van der Waals surface area (Å²) in [5, 5.41) is 14.6. The summed E-state index contributed by atoms with van der Waals surface area (Å²) >= 11 is 0. The number of hydrogen-bond donors (Lipinski definition) is 2. The van der Waals surface area contributed by atoms with Crippen LogP contribution in [-0.4, -0.2) is 26.4 Å². The van der Waals surface area contributed by atoms with Gasteiger partial charge in [0.1, 0.15) is 5.69 Å². The highest BCUT2D eigenvalue weighted by molar-refractivity contribution is 7.89. The maximum Gasteiger partial charge on any atom is 0.293 e. The number of fused-ring (bicyclic) bond motifs is 2. The number of nitrogens with zero attached hydrogens (tertiary/aromatic N) is 1. The first kappa shape index (κ1) is 17.2. The summed E-state index contributed by atoms with van der Waals surface area (Å²) in [6, 6.07) is 4.13. The van der Waals surface area contributed by atoms with Crippen molar-refractivity contribution in [2.75, 3.05) is 12.4 Å². The summed E-state index contributed by atoms with van der Waals surface area (Å²) in [6.45, 7) is 2.06. The van der Waals surface area contributed by atoms with E-state index in [-0.39, 0.29) is 16.6 Å². The number of nitrogens with one attached hydrogen (secondary N) is 2. The summed E-state index contributed by atoms with van der Waals surface area (Å²) in [4.78, 5) is 10.7. The lowest BCUT2D eigenvalue weighted by Crippen LogP contribution is -2.30. The van der Waals surface area contributed by atoms with Gasteiger partial charge in [0.25, 0.3) is 5.69 Å². The number of hydrogen-bond acceptors (Lipinski definition) is 5. The summed E-state index contributed by atoms with van der Waals surface area (Å²) < 4.78 is 25.9. The molecule has 0 aromatic heterocycles. The van der Waals surface area contributed by atoms with Gasteiger partial charge in [-0.15, -0.1) is 0 Å². The Morgan fingerprint density at radius 2 is 2.04 bits per heavy atom. The van der Waals surface area contributed by atoms with Crippen molar-refractivity contribution < 1.29 is 13.3 Å². The van der Waals surface area contributed by atoms with Gasteiger partial charge in [-0.1, -0.05) is 6.42 Å². The van der Waals surface area contributed by atoms with E-state index < -0.39 is 14.9 Å². The summed E-state index contributed by atoms with van der Waals surface area (Å²) in [6.07, 6.45) is 5.02. The van der Waals surface area contributed by atoms with Gasteiger partial charge >= 0.3 is 0 Å². The molecule has 3 rings (SSSR count). The predicted octanol–water partition coefficient (Wildman–Crippen LogP) is 2.74. The Kier molecular flexibility index (Phi) is 4.52. The Hall–Kier alpha value is -1.67. The number of benzene rings is 1. The van der Waals surface area contributed by atoms with Crippen molar-refractivity contribution in [3.05, 3.63) is 28.3 Å². The van der Waals surface area contributed by atoms with Crippen LogP contribution in [0.2, 0.25) is 0 Å². The lowest BCUT2D eigenvalue weighted by Gasteiger charge is -2.29. The maximum atomic E-state index is 11.9. The van der Waals surface area contributed by atoms with Crippen molar-refractivity contribution in [1.29, 1.82) is 0 Å². The molecule has 4 unspecified atom stereocenters. The number of nitro benzene ring substituents is 1. The van der Waals surface area contributed by atoms with E-state index in [9.17, 15) is 18.5 Å². The molecule has 0 saturated heterocycles. The molecule has 7 nitrogen and oxygen atoms in total. The topological polar surface area (TPSA) is 101 Å². The lowest BCUT2D eigenvalue weighted by molar-refractivity contribution is -0.384. The van der Waals surface area contributed by atoms with Crippen molar-refractivity contribution >= 4 is 21.4 Å². The quantitative estimate of drug-likeness (QED) is 0.605. The van der Waals surface area contributed by atoms with Crippen LogP contribution in [0.15, 0.2) is 23.1 Å². The van der Waals surface area contributed by atoms with Crippen molar-refractivity contribution in [3.63, 3.8) is 0 Å². The van der Waals surface area contributed by atoms with Gasteiger partial charge in [-0.05, 0) is 63.1 Å². The first-order chi connectivity index (χ1) is 11.3. The zero-order valence-electron chi connectivity index (χ0n) is 13.9. The van der Waals surface area contributed by atoms with Crippen LogP contribution in [0.3, 0.4) is 0 Å². The SMILES string of the molecule is CNS(=O)(=O)c1ccc(NC(C)C2CC3CCC2C3)c([N+](=O)[O-])c1. The van der Waals surface area contributed by atoms with Gasteiger partial charge in [-0.2, -0.15) is 0 Å². The molecule has 0 radical (unpaired) electrons.